The molecule has 0 aliphatic carbocycles. The number of rotatable bonds is 5. The predicted molar refractivity (Wildman–Crippen MR) is 106 cm³/mol. The van der Waals surface area contributed by atoms with E-state index in [2.05, 4.69) is 32.5 Å². The van der Waals surface area contributed by atoms with E-state index in [4.69, 9.17) is 5.14 Å². The minimum absolute atomic E-state index is 0.167. The maximum absolute atomic E-state index is 11.6. The van der Waals surface area contributed by atoms with Crippen LogP contribution in [0.2, 0.25) is 0 Å². The van der Waals surface area contributed by atoms with Gasteiger partial charge in [-0.2, -0.15) is 5.10 Å². The topological polar surface area (TPSA) is 104 Å². The Bertz CT molecular complexity index is 1050. The normalized spacial score (nSPS) is 18.6. The Labute approximate surface area is 158 Å². The van der Waals surface area contributed by atoms with Crippen molar-refractivity contribution >= 4 is 26.6 Å². The minimum Gasteiger partial charge on any atom is -0.381 e. The Balaban J connectivity index is 1.42. The highest BCUT2D eigenvalue weighted by Crippen LogP contribution is 2.21. The number of piperidine rings is 1. The number of hydrogen-bond donors (Lipinski definition) is 3. The lowest BCUT2D eigenvalue weighted by molar-refractivity contribution is 0.208. The van der Waals surface area contributed by atoms with Crippen LogP contribution in [-0.2, 0) is 16.6 Å². The van der Waals surface area contributed by atoms with Gasteiger partial charge in [-0.15, -0.1) is 0 Å². The second-order valence-corrected chi connectivity index (χ2v) is 8.64. The molecule has 1 aliphatic rings. The number of nitrogens with zero attached hydrogens (tertiary/aromatic N) is 2. The minimum atomic E-state index is -3.67. The first-order chi connectivity index (χ1) is 13.0. The third-order valence-corrected chi connectivity index (χ3v) is 5.86. The zero-order valence-corrected chi connectivity index (χ0v) is 15.7. The molecule has 7 nitrogen and oxygen atoms in total. The molecule has 0 unspecified atom stereocenters. The quantitative estimate of drug-likeness (QED) is 0.625. The molecule has 4 N–H and O–H groups in total. The van der Waals surface area contributed by atoms with Gasteiger partial charge in [0.25, 0.3) is 0 Å². The van der Waals surface area contributed by atoms with Gasteiger partial charge in [0.1, 0.15) is 0 Å². The third kappa shape index (κ3) is 4.29. The average Bonchev–Trinajstić information content (AvgIpc) is 3.09. The Morgan fingerprint density at radius 3 is 3.00 bits per heavy atom. The average molecular weight is 385 g/mol. The van der Waals surface area contributed by atoms with Crippen LogP contribution < -0.4 is 10.5 Å². The number of aromatic nitrogens is 2. The summed E-state index contributed by atoms with van der Waals surface area (Å²) >= 11 is 0. The maximum Gasteiger partial charge on any atom is 0.238 e. The molecular weight excluding hydrogens is 362 g/mol. The summed E-state index contributed by atoms with van der Waals surface area (Å²) in [5, 5.41) is 17.0. The molecule has 1 aliphatic heterocycles. The fraction of sp³-hybridized carbons (Fsp3) is 0.316. The number of benzene rings is 2. The largest absolute Gasteiger partial charge is 0.381 e. The summed E-state index contributed by atoms with van der Waals surface area (Å²) in [7, 11) is -3.67. The number of hydrogen-bond acceptors (Lipinski definition) is 5. The van der Waals surface area contributed by atoms with Gasteiger partial charge >= 0.3 is 0 Å². The van der Waals surface area contributed by atoms with E-state index in [1.807, 2.05) is 18.3 Å². The molecule has 0 radical (unpaired) electrons. The van der Waals surface area contributed by atoms with Crippen molar-refractivity contribution in [2.75, 3.05) is 18.4 Å². The SMILES string of the molecule is NS(=O)(=O)c1cccc(CN2CCC[C@@H](Nc3ccc4[nH]ncc4c3)C2)c1. The predicted octanol–water partition coefficient (Wildman–Crippen LogP) is 2.29. The zero-order chi connectivity index (χ0) is 18.9. The van der Waals surface area contributed by atoms with E-state index in [9.17, 15) is 8.42 Å². The lowest BCUT2D eigenvalue weighted by Crippen LogP contribution is -2.41. The van der Waals surface area contributed by atoms with E-state index in [1.165, 1.54) is 6.07 Å². The van der Waals surface area contributed by atoms with Crippen molar-refractivity contribution in [2.45, 2.75) is 30.3 Å². The van der Waals surface area contributed by atoms with E-state index in [0.29, 0.717) is 12.6 Å². The van der Waals surface area contributed by atoms with Crippen LogP contribution in [0, 0.1) is 0 Å². The van der Waals surface area contributed by atoms with Crippen molar-refractivity contribution in [3.05, 3.63) is 54.2 Å². The molecule has 1 aromatic heterocycles. The van der Waals surface area contributed by atoms with Gasteiger partial charge in [0.05, 0.1) is 16.6 Å². The number of nitrogens with one attached hydrogen (secondary N) is 2. The van der Waals surface area contributed by atoms with Crippen molar-refractivity contribution in [2.24, 2.45) is 5.14 Å². The molecule has 0 bridgehead atoms. The molecule has 4 rings (SSSR count). The van der Waals surface area contributed by atoms with Crippen LogP contribution in [-0.4, -0.2) is 42.6 Å². The van der Waals surface area contributed by atoms with E-state index >= 15 is 0 Å². The van der Waals surface area contributed by atoms with Crippen LogP contribution in [0.4, 0.5) is 5.69 Å². The second kappa shape index (κ2) is 7.30. The van der Waals surface area contributed by atoms with Crippen molar-refractivity contribution in [1.29, 1.82) is 0 Å². The first-order valence-electron chi connectivity index (χ1n) is 9.01. The fourth-order valence-corrected chi connectivity index (χ4v) is 4.25. The molecular formula is C19H23N5O2S. The molecule has 27 heavy (non-hydrogen) atoms. The van der Waals surface area contributed by atoms with Crippen LogP contribution in [0.1, 0.15) is 18.4 Å². The van der Waals surface area contributed by atoms with Gasteiger partial charge in [-0.1, -0.05) is 12.1 Å². The summed E-state index contributed by atoms with van der Waals surface area (Å²) in [6.45, 7) is 2.61. The monoisotopic (exact) mass is 385 g/mol. The van der Waals surface area contributed by atoms with Crippen LogP contribution in [0.15, 0.2) is 53.6 Å². The Morgan fingerprint density at radius 2 is 2.15 bits per heavy atom. The van der Waals surface area contributed by atoms with Crippen LogP contribution in [0.3, 0.4) is 0 Å². The molecule has 1 saturated heterocycles. The summed E-state index contributed by atoms with van der Waals surface area (Å²) in [5.41, 5.74) is 3.08. The summed E-state index contributed by atoms with van der Waals surface area (Å²) in [5.74, 6) is 0. The lowest BCUT2D eigenvalue weighted by atomic mass is 10.0. The van der Waals surface area contributed by atoms with Crippen LogP contribution in [0.25, 0.3) is 10.9 Å². The summed E-state index contributed by atoms with van der Waals surface area (Å²) in [4.78, 5) is 2.51. The number of likely N-dealkylation sites (tertiary alicyclic amines) is 1. The fourth-order valence-electron chi connectivity index (χ4n) is 3.66. The Kier molecular flexibility index (Phi) is 4.86. The van der Waals surface area contributed by atoms with E-state index in [-0.39, 0.29) is 4.90 Å². The summed E-state index contributed by atoms with van der Waals surface area (Å²) < 4.78 is 23.1. The first-order valence-corrected chi connectivity index (χ1v) is 10.6. The van der Waals surface area contributed by atoms with E-state index < -0.39 is 10.0 Å². The Hall–Kier alpha value is -2.42. The van der Waals surface area contributed by atoms with Crippen molar-refractivity contribution in [1.82, 2.24) is 15.1 Å². The highest BCUT2D eigenvalue weighted by molar-refractivity contribution is 7.89. The van der Waals surface area contributed by atoms with Crippen LogP contribution in [0.5, 0.6) is 0 Å². The van der Waals surface area contributed by atoms with Gasteiger partial charge in [0.2, 0.25) is 10.0 Å². The maximum atomic E-state index is 11.6. The zero-order valence-electron chi connectivity index (χ0n) is 14.9. The highest BCUT2D eigenvalue weighted by atomic mass is 32.2. The molecule has 0 amide bonds. The number of H-pyrrole nitrogens is 1. The standard InChI is InChI=1S/C19H23N5O2S/c20-27(25,26)18-5-1-3-14(9-18)12-24-8-2-4-17(13-24)22-16-6-7-19-15(10-16)11-21-23-19/h1,3,5-7,9-11,17,22H,2,4,8,12-13H2,(H,21,23)(H2,20,25,26)/t17-/m1/s1. The number of anilines is 1. The highest BCUT2D eigenvalue weighted by Gasteiger charge is 2.20. The van der Waals surface area contributed by atoms with Crippen molar-refractivity contribution in [3.8, 4) is 0 Å². The number of nitrogens with two attached hydrogens (primary N) is 1. The van der Waals surface area contributed by atoms with E-state index in [0.717, 1.165) is 48.1 Å². The molecule has 0 spiro atoms. The number of sulfonamides is 1. The number of primary sulfonamides is 1. The molecule has 1 fully saturated rings. The van der Waals surface area contributed by atoms with E-state index in [1.54, 1.807) is 12.1 Å². The van der Waals surface area contributed by atoms with Gasteiger partial charge < -0.3 is 5.32 Å². The molecule has 2 heterocycles. The third-order valence-electron chi connectivity index (χ3n) is 4.95. The summed E-state index contributed by atoms with van der Waals surface area (Å²) in [6, 6.07) is 13.4. The van der Waals surface area contributed by atoms with Gasteiger partial charge in [0, 0.05) is 30.2 Å². The Morgan fingerprint density at radius 1 is 1.26 bits per heavy atom. The second-order valence-electron chi connectivity index (χ2n) is 7.08. The van der Waals surface area contributed by atoms with Gasteiger partial charge in [-0.25, -0.2) is 13.6 Å². The number of aromatic amines is 1. The summed E-state index contributed by atoms with van der Waals surface area (Å²) in [6.07, 6.45) is 4.03. The van der Waals surface area contributed by atoms with Crippen LogP contribution >= 0.6 is 0 Å². The lowest BCUT2D eigenvalue weighted by Gasteiger charge is -2.33. The molecule has 8 heteroatoms. The smallest absolute Gasteiger partial charge is 0.238 e. The molecule has 142 valence electrons. The molecule has 3 aromatic rings. The van der Waals surface area contributed by atoms with Gasteiger partial charge in [-0.3, -0.25) is 10.00 Å². The van der Waals surface area contributed by atoms with Gasteiger partial charge in [0.15, 0.2) is 0 Å². The number of fused-ring (bicyclic) bond motifs is 1. The molecule has 0 saturated carbocycles. The van der Waals surface area contributed by atoms with Crippen molar-refractivity contribution < 1.29 is 8.42 Å². The van der Waals surface area contributed by atoms with Gasteiger partial charge in [-0.05, 0) is 55.3 Å². The molecule has 2 aromatic carbocycles. The molecule has 1 atom stereocenters. The van der Waals surface area contributed by atoms with Crippen molar-refractivity contribution in [3.63, 3.8) is 0 Å². The first kappa shape index (κ1) is 18.0.